The third-order valence-corrected chi connectivity index (χ3v) is 55.6. The summed E-state index contributed by atoms with van der Waals surface area (Å²) in [5.74, 6) is -0.971. The first kappa shape index (κ1) is 57.4. The number of aromatic carboxylic acids is 1. The molecule has 7 heterocycles. The molecular weight excluding hydrogens is 1160 g/mol. The second-order valence-electron chi connectivity index (χ2n) is 17.5. The summed E-state index contributed by atoms with van der Waals surface area (Å²) in [6.45, 7) is 30.4. The topological polar surface area (TPSA) is 244 Å². The molecule has 6 aliphatic heterocycles. The summed E-state index contributed by atoms with van der Waals surface area (Å²) in [7, 11) is -55.8. The van der Waals surface area contributed by atoms with Crippen molar-refractivity contribution in [2.24, 2.45) is 0 Å². The predicted molar refractivity (Wildman–Crippen MR) is 263 cm³/mol. The summed E-state index contributed by atoms with van der Waals surface area (Å²) in [5, 5.41) is 9.56. The van der Waals surface area contributed by atoms with E-state index in [0.717, 1.165) is 0 Å². The zero-order valence-electron chi connectivity index (χ0n) is 40.6. The number of rotatable bonds is 24. The smallest absolute Gasteiger partial charge is 0.491 e. The van der Waals surface area contributed by atoms with E-state index in [1.165, 1.54) is 6.20 Å². The van der Waals surface area contributed by atoms with E-state index in [2.05, 4.69) is 4.98 Å². The largest absolute Gasteiger partial charge is 0.651 e. The van der Waals surface area contributed by atoms with E-state index in [4.69, 9.17) is 87.0 Å². The van der Waals surface area contributed by atoms with Crippen LogP contribution in [-0.2, 0) is 82.3 Å². The molecule has 0 atom stereocenters. The highest BCUT2D eigenvalue weighted by molar-refractivity contribution is 7.02. The molecule has 0 aliphatic carbocycles. The number of pyridine rings is 1. The van der Waals surface area contributed by atoms with Gasteiger partial charge in [0.25, 0.3) is 0 Å². The molecule has 6 aliphatic rings. The second-order valence-corrected chi connectivity index (χ2v) is 58.5. The number of hydrogen-bond acceptors (Lipinski definition) is 23. The average Bonchev–Trinajstić information content (AvgIpc) is 3.07. The van der Waals surface area contributed by atoms with E-state index in [9.17, 15) is 9.90 Å². The van der Waals surface area contributed by atoms with Crippen LogP contribution in [0, 0.1) is 0 Å². The SMILES string of the molecule is C[Si](C)O[Si]12O[Si]3(O[Si](C)C)O[Si]4(O[Si](C)C)O[Si](O[Si](C)C)(O1)O[Si]1(O[Si](C)C)O[Si](O[Si](C)C)(O2)O[Si](O[Si](C)C)(O3)O[Si](O[Si](C)(C)CCCCCOc2cccnc2C(=O)O)(O4)O1. The summed E-state index contributed by atoms with van der Waals surface area (Å²) in [6.07, 6.45) is 3.37. The molecule has 0 unspecified atom stereocenters. The van der Waals surface area contributed by atoms with Gasteiger partial charge in [0, 0.05) is 6.20 Å². The van der Waals surface area contributed by atoms with Crippen molar-refractivity contribution in [1.29, 1.82) is 0 Å². The molecule has 24 nitrogen and oxygen atoms in total. The standard InChI is InChI=1S/C27H62NO23Si16/c1-52(2)32-60-40-61(33-53(3)4)43-64(36-56(9)10)45-62(41-60,34-54(5)6)47-66(38-58(13)14)48-63(42-60,35-55(7)8)46-65(44-61,37-57(11)12)50-67(49-64,51-66)39-59(15,16)24-19-17-18-23-31-25-21-20-22-28-26(25)27(29)30/h20-22H,17-19,23-24H2,1-16H3,(H,29,30). The molecule has 377 valence electrons. The lowest BCUT2D eigenvalue weighted by Gasteiger charge is -2.59. The lowest BCUT2D eigenvalue weighted by molar-refractivity contribution is -0.127. The minimum Gasteiger partial charge on any atom is -0.491 e. The molecule has 0 aromatic carbocycles. The Morgan fingerprint density at radius 3 is 1.09 bits per heavy atom. The maximum atomic E-state index is 11.7. The summed E-state index contributed by atoms with van der Waals surface area (Å²) in [4.78, 5) is 15.6. The van der Waals surface area contributed by atoms with Gasteiger partial charge >= 0.3 is 78.4 Å². The molecule has 67 heavy (non-hydrogen) atoms. The molecule has 6 saturated heterocycles. The van der Waals surface area contributed by atoms with Crippen molar-refractivity contribution in [1.82, 2.24) is 4.98 Å². The van der Waals surface area contributed by atoms with Crippen molar-refractivity contribution in [3.05, 3.63) is 24.0 Å². The van der Waals surface area contributed by atoms with Crippen LogP contribution in [0.4, 0.5) is 0 Å². The van der Waals surface area contributed by atoms with Gasteiger partial charge < -0.3 is 92.1 Å². The van der Waals surface area contributed by atoms with Gasteiger partial charge in [-0.1, -0.05) is 12.8 Å². The van der Waals surface area contributed by atoms with Crippen LogP contribution in [-0.4, -0.2) is 167 Å². The Hall–Kier alpha value is 1.09. The number of aromatic nitrogens is 1. The van der Waals surface area contributed by atoms with Crippen LogP contribution < -0.4 is 4.74 Å². The third kappa shape index (κ3) is 14.7. The fourth-order valence-electron chi connectivity index (χ4n) is 6.66. The van der Waals surface area contributed by atoms with Crippen LogP contribution in [0.15, 0.2) is 18.3 Å². The van der Waals surface area contributed by atoms with Crippen molar-refractivity contribution in [2.75, 3.05) is 6.61 Å². The molecule has 7 radical (unpaired) electrons. The van der Waals surface area contributed by atoms with Gasteiger partial charge in [0.2, 0.25) is 0 Å². The number of unbranched alkanes of at least 4 members (excludes halogenated alkanes) is 2. The molecule has 1 aromatic rings. The Labute approximate surface area is 415 Å². The molecule has 6 fully saturated rings. The maximum absolute atomic E-state index is 11.7. The fourth-order valence-corrected chi connectivity index (χ4v) is 65.6. The van der Waals surface area contributed by atoms with Crippen molar-refractivity contribution in [3.63, 3.8) is 0 Å². The first-order chi connectivity index (χ1) is 31.0. The zero-order valence-corrected chi connectivity index (χ0v) is 56.6. The number of nitrogens with zero attached hydrogens (tertiary/aromatic N) is 1. The number of carboxylic acids is 1. The Morgan fingerprint density at radius 2 is 0.806 bits per heavy atom. The molecular formula is C27H62NO23Si16. The lowest BCUT2D eigenvalue weighted by atomic mass is 10.2. The number of carbonyl (C=O) groups is 1. The molecule has 0 spiro atoms. The predicted octanol–water partition coefficient (Wildman–Crippen LogP) is 4.18. The highest BCUT2D eigenvalue weighted by atomic mass is 28.7. The van der Waals surface area contributed by atoms with Crippen molar-refractivity contribution < 1.29 is 96.9 Å². The van der Waals surface area contributed by atoms with Crippen molar-refractivity contribution in [3.8, 4) is 5.75 Å². The Balaban J connectivity index is 1.54. The Kier molecular flexibility index (Phi) is 18.9. The van der Waals surface area contributed by atoms with E-state index >= 15 is 0 Å². The summed E-state index contributed by atoms with van der Waals surface area (Å²) in [6, 6.07) is 3.75. The minimum absolute atomic E-state index is 0.150. The van der Waals surface area contributed by atoms with E-state index in [0.29, 0.717) is 25.3 Å². The third-order valence-electron chi connectivity index (χ3n) is 8.36. The van der Waals surface area contributed by atoms with Crippen LogP contribution >= 0.6 is 0 Å². The van der Waals surface area contributed by atoms with E-state index in [1.54, 1.807) is 12.1 Å². The Morgan fingerprint density at radius 1 is 0.507 bits per heavy atom. The number of hydrogen-bond donors (Lipinski definition) is 1. The molecule has 0 saturated carbocycles. The molecule has 8 bridgehead atoms. The number of ether oxygens (including phenoxy) is 1. The van der Waals surface area contributed by atoms with E-state index in [-0.39, 0.29) is 18.1 Å². The van der Waals surface area contributed by atoms with Crippen LogP contribution in [0.3, 0.4) is 0 Å². The first-order valence-corrected chi connectivity index (χ1v) is 54.4. The number of carboxylic acid groups (broad SMARTS) is 1. The summed E-state index contributed by atoms with van der Waals surface area (Å²) < 4.78 is 147. The molecule has 0 amide bonds. The molecule has 1 N–H and O–H groups in total. The van der Waals surface area contributed by atoms with Crippen LogP contribution in [0.25, 0.3) is 0 Å². The van der Waals surface area contributed by atoms with E-state index in [1.807, 2.05) is 105 Å². The summed E-state index contributed by atoms with van der Waals surface area (Å²) in [5.41, 5.74) is -0.150. The van der Waals surface area contributed by atoms with Gasteiger partial charge in [0.1, 0.15) is 0 Å². The van der Waals surface area contributed by atoms with Gasteiger partial charge in [-0.3, -0.25) is 0 Å². The van der Waals surface area contributed by atoms with Crippen LogP contribution in [0.5, 0.6) is 5.75 Å². The highest BCUT2D eigenvalue weighted by Gasteiger charge is 2.91. The molecule has 1 aromatic heterocycles. The normalized spacial score (nSPS) is 35.3. The zero-order chi connectivity index (χ0) is 49.5. The van der Waals surface area contributed by atoms with Crippen molar-refractivity contribution in [2.45, 2.75) is 130 Å². The summed E-state index contributed by atoms with van der Waals surface area (Å²) >= 11 is 0. The highest BCUT2D eigenvalue weighted by Crippen LogP contribution is 2.51. The van der Waals surface area contributed by atoms with Crippen LogP contribution in [0.1, 0.15) is 29.8 Å². The van der Waals surface area contributed by atoms with E-state index < -0.39 is 150 Å². The average molecular weight is 1220 g/mol. The fraction of sp³-hybridized carbons (Fsp3) is 0.778. The lowest BCUT2D eigenvalue weighted by Crippen LogP contribution is -2.92. The monoisotopic (exact) mass is 1220 g/mol. The van der Waals surface area contributed by atoms with Gasteiger partial charge in [0.05, 0.1) is 6.61 Å². The van der Waals surface area contributed by atoms with Gasteiger partial charge in [-0.2, -0.15) is 0 Å². The minimum atomic E-state index is -5.08. The Bertz CT molecular complexity index is 1710. The quantitative estimate of drug-likeness (QED) is 0.113. The van der Waals surface area contributed by atoms with Crippen LogP contribution in [0.2, 0.25) is 111 Å². The molecule has 7 rings (SSSR count). The second kappa shape index (κ2) is 22.1. The van der Waals surface area contributed by atoms with Gasteiger partial charge in [0.15, 0.2) is 83.0 Å². The maximum Gasteiger partial charge on any atom is 0.651 e. The van der Waals surface area contributed by atoms with Crippen molar-refractivity contribution >= 4 is 150 Å². The first-order valence-electron chi connectivity index (χ1n) is 21.4. The van der Waals surface area contributed by atoms with Gasteiger partial charge in [-0.25, -0.2) is 9.78 Å². The van der Waals surface area contributed by atoms with Gasteiger partial charge in [-0.15, -0.1) is 0 Å². The molecule has 40 heteroatoms. The van der Waals surface area contributed by atoms with Gasteiger partial charge in [-0.05, 0) is 129 Å².